The van der Waals surface area contributed by atoms with Crippen molar-refractivity contribution in [2.45, 2.75) is 71.4 Å². The first-order valence-electron chi connectivity index (χ1n) is 15.2. The van der Waals surface area contributed by atoms with Crippen molar-refractivity contribution in [2.75, 3.05) is 0 Å². The fourth-order valence-electron chi connectivity index (χ4n) is 5.52. The fraction of sp³-hybridized carbons (Fsp3) is 0.324. The summed E-state index contributed by atoms with van der Waals surface area (Å²) in [5.74, 6) is 0.843. The molecule has 1 saturated carbocycles. The highest BCUT2D eigenvalue weighted by molar-refractivity contribution is 6.21. The van der Waals surface area contributed by atoms with E-state index in [2.05, 4.69) is 35.1 Å². The molecule has 0 unspecified atom stereocenters. The van der Waals surface area contributed by atoms with Crippen LogP contribution in [0, 0.1) is 12.8 Å². The van der Waals surface area contributed by atoms with Gasteiger partial charge in [0, 0.05) is 29.9 Å². The van der Waals surface area contributed by atoms with Gasteiger partial charge in [-0.05, 0) is 109 Å². The number of hydrogen-bond donors (Lipinski definition) is 1. The molecule has 2 aliphatic rings. The number of unbranched alkanes of at least 4 members (excludes halogenated alkanes) is 1. The van der Waals surface area contributed by atoms with Crippen molar-refractivity contribution in [3.63, 3.8) is 0 Å². The minimum atomic E-state index is -4.34. The summed E-state index contributed by atoms with van der Waals surface area (Å²) in [4.78, 5) is 30.3. The molecule has 1 heterocycles. The number of rotatable bonds is 10. The molecule has 1 N–H and O–H groups in total. The number of carbonyl (C=O) groups is 2. The lowest BCUT2D eigenvalue weighted by Crippen LogP contribution is -2.32. The SMILES string of the molecule is C=C1CC(NC(=O)C2CC2)=Nc2ccc(-c3ccc(C)c(/C(=C\CC)C(=O)CCCCc4ccc(C(F)(F)F)cc4)c3)cc21. The maximum atomic E-state index is 13.4. The number of carbonyl (C=O) groups excluding carboxylic acids is 2. The van der Waals surface area contributed by atoms with Gasteiger partial charge in [0.25, 0.3) is 0 Å². The molecule has 228 valence electrons. The van der Waals surface area contributed by atoms with Crippen molar-refractivity contribution >= 4 is 34.4 Å². The molecule has 0 bridgehead atoms. The number of hydrogen-bond acceptors (Lipinski definition) is 3. The Kier molecular flexibility index (Phi) is 9.33. The van der Waals surface area contributed by atoms with Gasteiger partial charge in [0.2, 0.25) is 5.91 Å². The molecular weight excluding hydrogens is 561 g/mol. The zero-order valence-corrected chi connectivity index (χ0v) is 25.2. The van der Waals surface area contributed by atoms with Crippen molar-refractivity contribution in [3.8, 4) is 11.1 Å². The number of nitrogens with one attached hydrogen (secondary N) is 1. The smallest absolute Gasteiger partial charge is 0.314 e. The summed E-state index contributed by atoms with van der Waals surface area (Å²) in [5.41, 5.74) is 7.38. The highest BCUT2D eigenvalue weighted by atomic mass is 19.4. The average Bonchev–Trinajstić information content (AvgIpc) is 3.84. The van der Waals surface area contributed by atoms with E-state index in [-0.39, 0.29) is 17.6 Å². The van der Waals surface area contributed by atoms with Crippen molar-refractivity contribution in [2.24, 2.45) is 10.9 Å². The number of benzene rings is 3. The topological polar surface area (TPSA) is 58.5 Å². The van der Waals surface area contributed by atoms with Gasteiger partial charge in [-0.25, -0.2) is 4.99 Å². The van der Waals surface area contributed by atoms with Crippen molar-refractivity contribution in [3.05, 3.63) is 101 Å². The Morgan fingerprint density at radius 3 is 2.39 bits per heavy atom. The summed E-state index contributed by atoms with van der Waals surface area (Å²) in [6.45, 7) is 8.26. The zero-order valence-electron chi connectivity index (χ0n) is 25.2. The molecule has 1 amide bonds. The van der Waals surface area contributed by atoms with Crippen LogP contribution in [0.4, 0.5) is 18.9 Å². The van der Waals surface area contributed by atoms with E-state index in [4.69, 9.17) is 0 Å². The summed E-state index contributed by atoms with van der Waals surface area (Å²) in [5, 5.41) is 2.96. The van der Waals surface area contributed by atoms with Crippen LogP contribution in [-0.2, 0) is 22.2 Å². The second-order valence-corrected chi connectivity index (χ2v) is 11.7. The average molecular weight is 599 g/mol. The van der Waals surface area contributed by atoms with E-state index >= 15 is 0 Å². The van der Waals surface area contributed by atoms with Gasteiger partial charge in [0.05, 0.1) is 11.3 Å². The lowest BCUT2D eigenvalue weighted by atomic mass is 9.89. The highest BCUT2D eigenvalue weighted by Gasteiger charge is 2.31. The molecule has 3 aromatic carbocycles. The van der Waals surface area contributed by atoms with Crippen LogP contribution in [0.3, 0.4) is 0 Å². The molecule has 0 aromatic heterocycles. The summed E-state index contributed by atoms with van der Waals surface area (Å²) in [7, 11) is 0. The van der Waals surface area contributed by atoms with E-state index in [9.17, 15) is 22.8 Å². The number of alkyl halides is 3. The molecule has 1 aliphatic heterocycles. The van der Waals surface area contributed by atoms with Crippen LogP contribution < -0.4 is 5.32 Å². The molecule has 1 aliphatic carbocycles. The standard InChI is InChI=1S/C37H37F3N2O2/c1-4-7-30(34(43)9-6-5-8-25-11-17-29(18-12-25)37(38,39)40)31-21-27(13-10-23(31)2)28-16-19-33-32(22-28)24(3)20-35(41-33)42-36(44)26-14-15-26/h7,10-13,16-19,21-22,26H,3-6,8-9,14-15,20H2,1-2H3,(H,41,42,44)/b30-7+. The Bertz CT molecular complexity index is 1640. The maximum Gasteiger partial charge on any atom is 0.416 e. The number of aliphatic imine (C=N–C) groups is 1. The van der Waals surface area contributed by atoms with Gasteiger partial charge < -0.3 is 5.32 Å². The molecular formula is C37H37F3N2O2. The Labute approximate surface area is 256 Å². The Balaban J connectivity index is 1.27. The van der Waals surface area contributed by atoms with Crippen LogP contribution in [0.2, 0.25) is 0 Å². The monoisotopic (exact) mass is 598 g/mol. The third-order valence-electron chi connectivity index (χ3n) is 8.20. The molecule has 0 atom stereocenters. The number of halogens is 3. The van der Waals surface area contributed by atoms with Gasteiger partial charge >= 0.3 is 6.18 Å². The first kappa shape index (κ1) is 31.2. The van der Waals surface area contributed by atoms with E-state index in [0.29, 0.717) is 49.9 Å². The summed E-state index contributed by atoms with van der Waals surface area (Å²) in [6.07, 6.45) is 3.06. The number of aryl methyl sites for hydroxylation is 2. The van der Waals surface area contributed by atoms with Gasteiger partial charge in [-0.2, -0.15) is 13.2 Å². The molecule has 4 nitrogen and oxygen atoms in total. The normalized spacial score (nSPS) is 15.1. The molecule has 7 heteroatoms. The van der Waals surface area contributed by atoms with E-state index in [1.165, 1.54) is 12.1 Å². The second-order valence-electron chi connectivity index (χ2n) is 11.7. The van der Waals surface area contributed by atoms with Crippen LogP contribution >= 0.6 is 0 Å². The Morgan fingerprint density at radius 1 is 1.00 bits per heavy atom. The molecule has 5 rings (SSSR count). The van der Waals surface area contributed by atoms with Crippen molar-refractivity contribution < 1.29 is 22.8 Å². The zero-order chi connectivity index (χ0) is 31.4. The van der Waals surface area contributed by atoms with Gasteiger partial charge in [-0.3, -0.25) is 9.59 Å². The number of nitrogens with zero attached hydrogens (tertiary/aromatic N) is 1. The first-order chi connectivity index (χ1) is 21.0. The maximum absolute atomic E-state index is 13.4. The van der Waals surface area contributed by atoms with Crippen LogP contribution in [-0.4, -0.2) is 17.5 Å². The summed E-state index contributed by atoms with van der Waals surface area (Å²) >= 11 is 0. The van der Waals surface area contributed by atoms with E-state index in [1.807, 2.05) is 38.1 Å². The van der Waals surface area contributed by atoms with Crippen LogP contribution in [0.1, 0.15) is 79.7 Å². The molecule has 0 radical (unpaired) electrons. The van der Waals surface area contributed by atoms with E-state index in [1.54, 1.807) is 0 Å². The number of ketones is 1. The number of Topliss-reactive ketones (excluding diaryl/α,β-unsaturated/α-hetero) is 1. The third kappa shape index (κ3) is 7.44. The lowest BCUT2D eigenvalue weighted by Gasteiger charge is -2.20. The quantitative estimate of drug-likeness (QED) is 0.187. The molecule has 44 heavy (non-hydrogen) atoms. The van der Waals surface area contributed by atoms with E-state index in [0.717, 1.165) is 69.6 Å². The predicted molar refractivity (Wildman–Crippen MR) is 171 cm³/mol. The van der Waals surface area contributed by atoms with Gasteiger partial charge in [-0.1, -0.05) is 49.9 Å². The largest absolute Gasteiger partial charge is 0.416 e. The van der Waals surface area contributed by atoms with Gasteiger partial charge in [-0.15, -0.1) is 0 Å². The van der Waals surface area contributed by atoms with Gasteiger partial charge in [0.1, 0.15) is 5.84 Å². The molecule has 0 saturated heterocycles. The van der Waals surface area contributed by atoms with Crippen LogP contribution in [0.5, 0.6) is 0 Å². The van der Waals surface area contributed by atoms with Crippen molar-refractivity contribution in [1.29, 1.82) is 0 Å². The third-order valence-corrected chi connectivity index (χ3v) is 8.20. The molecule has 0 spiro atoms. The summed E-state index contributed by atoms with van der Waals surface area (Å²) < 4.78 is 38.5. The minimum Gasteiger partial charge on any atom is -0.314 e. The lowest BCUT2D eigenvalue weighted by molar-refractivity contribution is -0.137. The van der Waals surface area contributed by atoms with Crippen LogP contribution in [0.15, 0.2) is 78.3 Å². The Hall–Kier alpha value is -4.26. The van der Waals surface area contributed by atoms with Gasteiger partial charge in [0.15, 0.2) is 5.78 Å². The van der Waals surface area contributed by atoms with Crippen molar-refractivity contribution in [1.82, 2.24) is 5.32 Å². The molecule has 3 aromatic rings. The highest BCUT2D eigenvalue weighted by Crippen LogP contribution is 2.37. The second kappa shape index (κ2) is 13.2. The number of allylic oxidation sites excluding steroid dienone is 2. The van der Waals surface area contributed by atoms with Crippen LogP contribution in [0.25, 0.3) is 22.3 Å². The van der Waals surface area contributed by atoms with E-state index < -0.39 is 11.7 Å². The first-order valence-corrected chi connectivity index (χ1v) is 15.2. The summed E-state index contributed by atoms with van der Waals surface area (Å²) in [6, 6.07) is 17.4. The number of amidine groups is 1. The fourth-order valence-corrected chi connectivity index (χ4v) is 5.52. The minimum absolute atomic E-state index is 0.0356. The number of amides is 1. The number of fused-ring (bicyclic) bond motifs is 1. The molecule has 1 fully saturated rings. The Morgan fingerprint density at radius 2 is 1.70 bits per heavy atom. The predicted octanol–water partition coefficient (Wildman–Crippen LogP) is 9.43.